The first kappa shape index (κ1) is 15.3. The molecule has 0 aromatic carbocycles. The number of rotatable bonds is 5. The Balaban J connectivity index is 2.76. The van der Waals surface area contributed by atoms with Gasteiger partial charge in [-0.15, -0.1) is 0 Å². The molecule has 2 N–H and O–H groups in total. The maximum Gasteiger partial charge on any atom is 0.404 e. The van der Waals surface area contributed by atoms with Crippen molar-refractivity contribution in [3.63, 3.8) is 0 Å². The quantitative estimate of drug-likeness (QED) is 0.794. The molecule has 0 heterocycles. The van der Waals surface area contributed by atoms with Crippen molar-refractivity contribution in [2.75, 3.05) is 13.7 Å². The Hall–Kier alpha value is -0.770. The Morgan fingerprint density at radius 3 is 2.33 bits per heavy atom. The largest absolute Gasteiger partial charge is 0.465 e. The number of methoxy groups -OCH3 is 1. The highest BCUT2D eigenvalue weighted by Crippen LogP contribution is 2.44. The van der Waals surface area contributed by atoms with Crippen LogP contribution in [0.3, 0.4) is 0 Å². The van der Waals surface area contributed by atoms with Crippen LogP contribution in [0.5, 0.6) is 0 Å². The predicted molar refractivity (Wildman–Crippen MR) is 71.8 cm³/mol. The molecule has 1 saturated carbocycles. The van der Waals surface area contributed by atoms with E-state index in [9.17, 15) is 4.79 Å². The number of hydrogen-bond acceptors (Lipinski definition) is 2. The number of hydrogen-bond donors (Lipinski definition) is 2. The van der Waals surface area contributed by atoms with Crippen LogP contribution in [0.2, 0.25) is 0 Å². The Bertz CT molecular complexity index is 277. The third-order valence-electron chi connectivity index (χ3n) is 4.09. The number of carboxylic acid groups (broad SMARTS) is 1. The molecule has 0 aromatic heterocycles. The molecular weight excluding hydrogens is 230 g/mol. The van der Waals surface area contributed by atoms with Crippen LogP contribution in [0.4, 0.5) is 4.79 Å². The Kier molecular flexibility index (Phi) is 5.02. The highest BCUT2D eigenvalue weighted by Gasteiger charge is 2.39. The highest BCUT2D eigenvalue weighted by molar-refractivity contribution is 5.65. The lowest BCUT2D eigenvalue weighted by Gasteiger charge is -2.38. The van der Waals surface area contributed by atoms with E-state index in [-0.39, 0.29) is 16.9 Å². The van der Waals surface area contributed by atoms with Crippen molar-refractivity contribution in [2.24, 2.45) is 10.8 Å². The van der Waals surface area contributed by atoms with Crippen LogP contribution in [-0.4, -0.2) is 31.0 Å². The van der Waals surface area contributed by atoms with E-state index in [0.29, 0.717) is 0 Å². The van der Waals surface area contributed by atoms with Gasteiger partial charge in [-0.1, -0.05) is 33.6 Å². The van der Waals surface area contributed by atoms with Gasteiger partial charge in [-0.3, -0.25) is 0 Å². The number of ether oxygens (including phenoxy) is 1. The Morgan fingerprint density at radius 1 is 1.39 bits per heavy atom. The lowest BCUT2D eigenvalue weighted by molar-refractivity contribution is 0.0534. The molecule has 1 aliphatic rings. The average molecular weight is 257 g/mol. The smallest absolute Gasteiger partial charge is 0.404 e. The standard InChI is InChI=1S/C14H27NO3/c1-13(2,3)11(15-12(16)17)9-14(10-18-4)7-5-6-8-14/h11,15H,5-10H2,1-4H3,(H,16,17). The van der Waals surface area contributed by atoms with Crippen molar-refractivity contribution in [2.45, 2.75) is 58.9 Å². The molecule has 1 atom stereocenters. The lowest BCUT2D eigenvalue weighted by atomic mass is 9.73. The van der Waals surface area contributed by atoms with Crippen LogP contribution in [0.1, 0.15) is 52.9 Å². The Morgan fingerprint density at radius 2 is 1.94 bits per heavy atom. The summed E-state index contributed by atoms with van der Waals surface area (Å²) in [5.74, 6) is 0. The van der Waals surface area contributed by atoms with Gasteiger partial charge in [-0.25, -0.2) is 4.79 Å². The molecule has 18 heavy (non-hydrogen) atoms. The molecule has 1 rings (SSSR count). The van der Waals surface area contributed by atoms with Crippen LogP contribution >= 0.6 is 0 Å². The molecule has 1 unspecified atom stereocenters. The van der Waals surface area contributed by atoms with Crippen LogP contribution in [-0.2, 0) is 4.74 Å². The minimum atomic E-state index is -0.930. The second-order valence-electron chi connectivity index (χ2n) is 6.71. The van der Waals surface area contributed by atoms with Crippen LogP contribution in [0.15, 0.2) is 0 Å². The van der Waals surface area contributed by atoms with E-state index in [1.54, 1.807) is 7.11 Å². The summed E-state index contributed by atoms with van der Waals surface area (Å²) in [5, 5.41) is 11.7. The minimum absolute atomic E-state index is 0.0248. The molecule has 1 amide bonds. The van der Waals surface area contributed by atoms with Gasteiger partial charge < -0.3 is 15.2 Å². The first-order chi connectivity index (χ1) is 8.29. The molecule has 0 aromatic rings. The molecule has 0 radical (unpaired) electrons. The van der Waals surface area contributed by atoms with Gasteiger partial charge in [0.1, 0.15) is 0 Å². The number of carbonyl (C=O) groups is 1. The van der Waals surface area contributed by atoms with E-state index >= 15 is 0 Å². The zero-order valence-electron chi connectivity index (χ0n) is 12.1. The summed E-state index contributed by atoms with van der Waals surface area (Å²) in [6.45, 7) is 7.00. The molecule has 1 fully saturated rings. The van der Waals surface area contributed by atoms with Gasteiger partial charge in [0, 0.05) is 13.2 Å². The normalized spacial score (nSPS) is 20.7. The maximum absolute atomic E-state index is 11.0. The maximum atomic E-state index is 11.0. The van der Waals surface area contributed by atoms with E-state index in [1.165, 1.54) is 12.8 Å². The molecule has 0 aliphatic heterocycles. The Labute approximate surface area is 110 Å². The van der Waals surface area contributed by atoms with Gasteiger partial charge in [0.05, 0.1) is 6.61 Å². The van der Waals surface area contributed by atoms with Crippen LogP contribution < -0.4 is 5.32 Å². The van der Waals surface area contributed by atoms with E-state index in [0.717, 1.165) is 25.9 Å². The van der Waals surface area contributed by atoms with Gasteiger partial charge in [-0.05, 0) is 30.1 Å². The number of amides is 1. The lowest BCUT2D eigenvalue weighted by Crippen LogP contribution is -2.47. The molecule has 0 spiro atoms. The van der Waals surface area contributed by atoms with E-state index in [4.69, 9.17) is 9.84 Å². The van der Waals surface area contributed by atoms with Crippen molar-refractivity contribution in [3.05, 3.63) is 0 Å². The predicted octanol–water partition coefficient (Wildman–Crippen LogP) is 3.27. The summed E-state index contributed by atoms with van der Waals surface area (Å²) < 4.78 is 5.37. The van der Waals surface area contributed by atoms with Gasteiger partial charge in [-0.2, -0.15) is 0 Å². The summed E-state index contributed by atoms with van der Waals surface area (Å²) in [5.41, 5.74) is 0.0941. The zero-order valence-corrected chi connectivity index (χ0v) is 12.1. The van der Waals surface area contributed by atoms with Gasteiger partial charge in [0.15, 0.2) is 0 Å². The molecule has 1 aliphatic carbocycles. The molecule has 4 heteroatoms. The fraction of sp³-hybridized carbons (Fsp3) is 0.929. The molecule has 0 saturated heterocycles. The summed E-state index contributed by atoms with van der Waals surface area (Å²) in [4.78, 5) is 11.0. The van der Waals surface area contributed by atoms with Gasteiger partial charge in [0.2, 0.25) is 0 Å². The van der Waals surface area contributed by atoms with E-state index < -0.39 is 6.09 Å². The summed E-state index contributed by atoms with van der Waals surface area (Å²) in [6.07, 6.45) is 4.70. The van der Waals surface area contributed by atoms with Crippen molar-refractivity contribution in [1.29, 1.82) is 0 Å². The SMILES string of the molecule is COCC1(CC(NC(=O)O)C(C)(C)C)CCCC1. The zero-order chi connectivity index (χ0) is 13.8. The summed E-state index contributed by atoms with van der Waals surface area (Å²) >= 11 is 0. The van der Waals surface area contributed by atoms with Crippen molar-refractivity contribution in [1.82, 2.24) is 5.32 Å². The van der Waals surface area contributed by atoms with E-state index in [2.05, 4.69) is 26.1 Å². The molecule has 4 nitrogen and oxygen atoms in total. The second kappa shape index (κ2) is 5.91. The van der Waals surface area contributed by atoms with Gasteiger partial charge in [0.25, 0.3) is 0 Å². The fourth-order valence-corrected chi connectivity index (χ4v) is 2.99. The highest BCUT2D eigenvalue weighted by atomic mass is 16.5. The summed E-state index contributed by atoms with van der Waals surface area (Å²) in [6, 6.07) is -0.0248. The third-order valence-corrected chi connectivity index (χ3v) is 4.09. The average Bonchev–Trinajstić information content (AvgIpc) is 2.64. The molecule has 106 valence electrons. The molecule has 0 bridgehead atoms. The molecular formula is C14H27NO3. The first-order valence-electron chi connectivity index (χ1n) is 6.77. The number of nitrogens with one attached hydrogen (secondary N) is 1. The third kappa shape index (κ3) is 4.16. The first-order valence-corrected chi connectivity index (χ1v) is 6.77. The monoisotopic (exact) mass is 257 g/mol. The second-order valence-corrected chi connectivity index (χ2v) is 6.71. The van der Waals surface area contributed by atoms with Crippen LogP contribution in [0, 0.1) is 10.8 Å². The van der Waals surface area contributed by atoms with Crippen molar-refractivity contribution >= 4 is 6.09 Å². The van der Waals surface area contributed by atoms with E-state index in [1.807, 2.05) is 0 Å². The topological polar surface area (TPSA) is 58.6 Å². The van der Waals surface area contributed by atoms with Crippen LogP contribution in [0.25, 0.3) is 0 Å². The van der Waals surface area contributed by atoms with Crippen molar-refractivity contribution < 1.29 is 14.6 Å². The fourth-order valence-electron chi connectivity index (χ4n) is 2.99. The van der Waals surface area contributed by atoms with Crippen molar-refractivity contribution in [3.8, 4) is 0 Å². The summed E-state index contributed by atoms with van der Waals surface area (Å²) in [7, 11) is 1.73. The minimum Gasteiger partial charge on any atom is -0.465 e. The van der Waals surface area contributed by atoms with Gasteiger partial charge >= 0.3 is 6.09 Å².